The third kappa shape index (κ3) is 3.92. The standard InChI is InChI=1S/C8H7BF3O2.K/c1-14-7-2-3-8(9(10,11)12)6(4-7)5-13;/h2-5H,1H3;/q-1;+1. The van der Waals surface area contributed by atoms with E-state index in [0.717, 1.165) is 12.1 Å². The summed E-state index contributed by atoms with van der Waals surface area (Å²) in [6, 6.07) is 3.09. The quantitative estimate of drug-likeness (QED) is 0.479. The van der Waals surface area contributed by atoms with E-state index in [4.69, 9.17) is 4.74 Å². The molecule has 0 aliphatic carbocycles. The summed E-state index contributed by atoms with van der Waals surface area (Å²) in [7, 11) is 1.32. The number of rotatable bonds is 3. The first-order valence-corrected chi connectivity index (χ1v) is 3.82. The fourth-order valence-electron chi connectivity index (χ4n) is 1.08. The first-order valence-electron chi connectivity index (χ1n) is 3.82. The van der Waals surface area contributed by atoms with Crippen molar-refractivity contribution in [2.24, 2.45) is 0 Å². The van der Waals surface area contributed by atoms with Crippen LogP contribution in [0.1, 0.15) is 10.4 Å². The van der Waals surface area contributed by atoms with Gasteiger partial charge in [-0.05, 0) is 17.7 Å². The molecule has 7 heteroatoms. The zero-order valence-electron chi connectivity index (χ0n) is 8.34. The molecule has 15 heavy (non-hydrogen) atoms. The summed E-state index contributed by atoms with van der Waals surface area (Å²) in [6.45, 7) is -5.15. The second-order valence-electron chi connectivity index (χ2n) is 2.69. The Hall–Kier alpha value is 0.181. The average Bonchev–Trinajstić information content (AvgIpc) is 2.15. The Bertz CT molecular complexity index is 354. The number of benzene rings is 1. The van der Waals surface area contributed by atoms with Gasteiger partial charge in [-0.25, -0.2) is 0 Å². The van der Waals surface area contributed by atoms with E-state index >= 15 is 0 Å². The second-order valence-corrected chi connectivity index (χ2v) is 2.69. The predicted octanol–water partition coefficient (Wildman–Crippen LogP) is -1.43. The summed E-state index contributed by atoms with van der Waals surface area (Å²) in [6.07, 6.45) is 0.174. The van der Waals surface area contributed by atoms with Crippen molar-refractivity contribution in [3.8, 4) is 5.75 Å². The van der Waals surface area contributed by atoms with Gasteiger partial charge in [0.1, 0.15) is 12.0 Å². The van der Waals surface area contributed by atoms with Crippen molar-refractivity contribution in [2.45, 2.75) is 0 Å². The zero-order chi connectivity index (χ0) is 10.8. The molecule has 1 rings (SSSR count). The van der Waals surface area contributed by atoms with Crippen LogP contribution in [-0.2, 0) is 0 Å². The van der Waals surface area contributed by atoms with Crippen LogP contribution in [0, 0.1) is 0 Å². The van der Waals surface area contributed by atoms with Gasteiger partial charge in [0.2, 0.25) is 0 Å². The number of aldehydes is 1. The van der Waals surface area contributed by atoms with E-state index in [-0.39, 0.29) is 63.4 Å². The molecule has 0 saturated carbocycles. The Morgan fingerprint density at radius 2 is 1.93 bits per heavy atom. The van der Waals surface area contributed by atoms with Crippen LogP contribution in [0.25, 0.3) is 0 Å². The smallest absolute Gasteiger partial charge is 0.497 e. The van der Waals surface area contributed by atoms with Crippen molar-refractivity contribution in [3.05, 3.63) is 23.8 Å². The maximum absolute atomic E-state index is 12.3. The molecular weight excluding hydrogens is 235 g/mol. The van der Waals surface area contributed by atoms with Crippen molar-refractivity contribution in [2.75, 3.05) is 7.11 Å². The van der Waals surface area contributed by atoms with E-state index in [2.05, 4.69) is 0 Å². The Kier molecular flexibility index (Phi) is 6.12. The van der Waals surface area contributed by atoms with E-state index in [0.29, 0.717) is 0 Å². The molecule has 1 aromatic carbocycles. The Labute approximate surface area is 128 Å². The molecule has 0 bridgehead atoms. The van der Waals surface area contributed by atoms with Crippen molar-refractivity contribution < 1.29 is 73.9 Å². The van der Waals surface area contributed by atoms with E-state index in [1.54, 1.807) is 0 Å². The van der Waals surface area contributed by atoms with E-state index in [9.17, 15) is 17.7 Å². The van der Waals surface area contributed by atoms with E-state index in [1.807, 2.05) is 0 Å². The van der Waals surface area contributed by atoms with Crippen LogP contribution in [-0.4, -0.2) is 20.4 Å². The Morgan fingerprint density at radius 3 is 2.33 bits per heavy atom. The number of carbonyl (C=O) groups excluding carboxylic acids is 1. The molecule has 0 heterocycles. The van der Waals surface area contributed by atoms with Gasteiger partial charge in [-0.2, -0.15) is 0 Å². The maximum atomic E-state index is 12.3. The first kappa shape index (κ1) is 15.2. The van der Waals surface area contributed by atoms with Crippen molar-refractivity contribution >= 4 is 18.7 Å². The molecule has 0 spiro atoms. The van der Waals surface area contributed by atoms with Gasteiger partial charge < -0.3 is 17.7 Å². The predicted molar refractivity (Wildman–Crippen MR) is 47.1 cm³/mol. The third-order valence-corrected chi connectivity index (χ3v) is 1.77. The Balaban J connectivity index is 0.00000196. The van der Waals surface area contributed by atoms with Crippen LogP contribution in [0.15, 0.2) is 18.2 Å². The summed E-state index contributed by atoms with van der Waals surface area (Å²) in [4.78, 5) is 10.4. The van der Waals surface area contributed by atoms with Gasteiger partial charge in [-0.3, -0.25) is 4.79 Å². The number of methoxy groups -OCH3 is 1. The molecule has 1 aromatic rings. The van der Waals surface area contributed by atoms with E-state index < -0.39 is 18.0 Å². The molecule has 0 N–H and O–H groups in total. The van der Waals surface area contributed by atoms with Gasteiger partial charge in [-0.1, -0.05) is 11.5 Å². The molecule has 0 atom stereocenters. The summed E-state index contributed by atoms with van der Waals surface area (Å²) in [5.74, 6) is 0.232. The van der Waals surface area contributed by atoms with Gasteiger partial charge in [0, 0.05) is 0 Å². The molecule has 0 aromatic heterocycles. The minimum atomic E-state index is -5.15. The number of hydrogen-bond acceptors (Lipinski definition) is 2. The Morgan fingerprint density at radius 1 is 1.33 bits per heavy atom. The van der Waals surface area contributed by atoms with Crippen LogP contribution < -0.4 is 61.6 Å². The number of halogens is 3. The van der Waals surface area contributed by atoms with Crippen LogP contribution in [0.4, 0.5) is 12.9 Å². The molecule has 0 fully saturated rings. The van der Waals surface area contributed by atoms with Gasteiger partial charge in [0.15, 0.2) is 0 Å². The van der Waals surface area contributed by atoms with Gasteiger partial charge in [-0.15, -0.1) is 0 Å². The van der Waals surface area contributed by atoms with Crippen molar-refractivity contribution in [1.29, 1.82) is 0 Å². The monoisotopic (exact) mass is 242 g/mol. The van der Waals surface area contributed by atoms with Crippen LogP contribution in [0.3, 0.4) is 0 Å². The fraction of sp³-hybridized carbons (Fsp3) is 0.125. The van der Waals surface area contributed by atoms with Crippen molar-refractivity contribution in [1.82, 2.24) is 0 Å². The normalized spacial score (nSPS) is 10.4. The van der Waals surface area contributed by atoms with E-state index in [1.165, 1.54) is 13.2 Å². The molecule has 0 aliphatic rings. The van der Waals surface area contributed by atoms with Gasteiger partial charge >= 0.3 is 58.4 Å². The molecular formula is C8H7BF3KO2. The molecule has 0 radical (unpaired) electrons. The van der Waals surface area contributed by atoms with Crippen LogP contribution >= 0.6 is 0 Å². The minimum absolute atomic E-state index is 0. The summed E-state index contributed by atoms with van der Waals surface area (Å²) >= 11 is 0. The topological polar surface area (TPSA) is 26.3 Å². The summed E-state index contributed by atoms with van der Waals surface area (Å²) in [5, 5.41) is 0. The molecule has 2 nitrogen and oxygen atoms in total. The molecule has 76 valence electrons. The minimum Gasteiger partial charge on any atom is -0.497 e. The second kappa shape index (κ2) is 6.05. The summed E-state index contributed by atoms with van der Waals surface area (Å²) < 4.78 is 41.7. The number of carbonyl (C=O) groups is 1. The summed E-state index contributed by atoms with van der Waals surface area (Å²) in [5.41, 5.74) is -1.28. The molecule has 0 aliphatic heterocycles. The number of ether oxygens (including phenoxy) is 1. The number of hydrogen-bond donors (Lipinski definition) is 0. The SMILES string of the molecule is COc1ccc([B-](F)(F)F)c(C=O)c1.[K+]. The molecule has 0 saturated heterocycles. The van der Waals surface area contributed by atoms with Crippen LogP contribution in [0.5, 0.6) is 5.75 Å². The van der Waals surface area contributed by atoms with Gasteiger partial charge in [0.25, 0.3) is 0 Å². The third-order valence-electron chi connectivity index (χ3n) is 1.77. The largest absolute Gasteiger partial charge is 1.00 e. The van der Waals surface area contributed by atoms with Crippen LogP contribution in [0.2, 0.25) is 0 Å². The zero-order valence-corrected chi connectivity index (χ0v) is 11.5. The fourth-order valence-corrected chi connectivity index (χ4v) is 1.08. The van der Waals surface area contributed by atoms with Gasteiger partial charge in [0.05, 0.1) is 7.11 Å². The van der Waals surface area contributed by atoms with Crippen molar-refractivity contribution in [3.63, 3.8) is 0 Å². The average molecular weight is 242 g/mol. The molecule has 0 unspecified atom stereocenters. The first-order chi connectivity index (χ1) is 6.49. The maximum Gasteiger partial charge on any atom is 1.00 e. The molecule has 0 amide bonds.